The van der Waals surface area contributed by atoms with Crippen LogP contribution in [-0.2, 0) is 16.1 Å². The molecule has 1 aliphatic rings. The SMILES string of the molecule is COC(=O)C(C)(COc1ccccc1)NCc1cc(Cl)c2c(c1)OCCCO2. The zero-order valence-electron chi connectivity index (χ0n) is 16.0. The lowest BCUT2D eigenvalue weighted by molar-refractivity contribution is -0.149. The predicted octanol–water partition coefficient (Wildman–Crippen LogP) is 3.60. The van der Waals surface area contributed by atoms with E-state index in [0.29, 0.717) is 42.0 Å². The maximum Gasteiger partial charge on any atom is 0.329 e. The molecule has 1 aliphatic heterocycles. The fourth-order valence-electron chi connectivity index (χ4n) is 2.84. The Morgan fingerprint density at radius 1 is 1.21 bits per heavy atom. The summed E-state index contributed by atoms with van der Waals surface area (Å²) in [6.45, 7) is 3.38. The molecule has 6 nitrogen and oxygen atoms in total. The number of nitrogens with one attached hydrogen (secondary N) is 1. The number of carbonyl (C=O) groups is 1. The lowest BCUT2D eigenvalue weighted by atomic mass is 10.0. The molecule has 0 radical (unpaired) electrons. The van der Waals surface area contributed by atoms with Crippen LogP contribution in [0.5, 0.6) is 17.2 Å². The van der Waals surface area contributed by atoms with E-state index in [1.54, 1.807) is 13.0 Å². The molecule has 2 aromatic rings. The minimum absolute atomic E-state index is 0.113. The van der Waals surface area contributed by atoms with Gasteiger partial charge in [0, 0.05) is 13.0 Å². The third-order valence-electron chi connectivity index (χ3n) is 4.45. The molecule has 7 heteroatoms. The molecule has 1 atom stereocenters. The van der Waals surface area contributed by atoms with E-state index in [2.05, 4.69) is 5.32 Å². The van der Waals surface area contributed by atoms with E-state index in [1.165, 1.54) is 7.11 Å². The summed E-state index contributed by atoms with van der Waals surface area (Å²) in [7, 11) is 1.36. The number of halogens is 1. The summed E-state index contributed by atoms with van der Waals surface area (Å²) in [5.74, 6) is 1.44. The highest BCUT2D eigenvalue weighted by Gasteiger charge is 2.35. The summed E-state index contributed by atoms with van der Waals surface area (Å²) >= 11 is 6.35. The van der Waals surface area contributed by atoms with Gasteiger partial charge in [0.15, 0.2) is 11.5 Å². The molecule has 2 aromatic carbocycles. The van der Waals surface area contributed by atoms with Gasteiger partial charge in [-0.25, -0.2) is 4.79 Å². The summed E-state index contributed by atoms with van der Waals surface area (Å²) in [6.07, 6.45) is 0.801. The first kappa shape index (κ1) is 20.3. The van der Waals surface area contributed by atoms with Crippen LogP contribution in [-0.4, -0.2) is 38.4 Å². The molecular formula is C21H24ClNO5. The number of hydrogen-bond donors (Lipinski definition) is 1. The van der Waals surface area contributed by atoms with Gasteiger partial charge in [-0.3, -0.25) is 5.32 Å². The van der Waals surface area contributed by atoms with Gasteiger partial charge in [0.05, 0.1) is 25.3 Å². The molecule has 0 fully saturated rings. The van der Waals surface area contributed by atoms with Gasteiger partial charge in [-0.1, -0.05) is 29.8 Å². The third-order valence-corrected chi connectivity index (χ3v) is 4.73. The van der Waals surface area contributed by atoms with Crippen molar-refractivity contribution in [3.05, 3.63) is 53.1 Å². The lowest BCUT2D eigenvalue weighted by Gasteiger charge is -2.28. The predicted molar refractivity (Wildman–Crippen MR) is 106 cm³/mol. The summed E-state index contributed by atoms with van der Waals surface area (Å²) < 4.78 is 22.1. The van der Waals surface area contributed by atoms with Crippen molar-refractivity contribution in [3.8, 4) is 17.2 Å². The van der Waals surface area contributed by atoms with Crippen LogP contribution in [0.3, 0.4) is 0 Å². The minimum atomic E-state index is -1.04. The average Bonchev–Trinajstić information content (AvgIpc) is 2.97. The van der Waals surface area contributed by atoms with E-state index in [1.807, 2.05) is 36.4 Å². The van der Waals surface area contributed by atoms with Gasteiger partial charge in [0.2, 0.25) is 0 Å². The van der Waals surface area contributed by atoms with Gasteiger partial charge < -0.3 is 18.9 Å². The standard InChI is InChI=1S/C21H24ClNO5/c1-21(20(24)25-2,14-28-16-7-4-3-5-8-16)23-13-15-11-17(22)19-18(12-15)26-9-6-10-27-19/h3-5,7-8,11-12,23H,6,9-10,13-14H2,1-2H3. The van der Waals surface area contributed by atoms with E-state index in [0.717, 1.165) is 12.0 Å². The second-order valence-electron chi connectivity index (χ2n) is 6.73. The van der Waals surface area contributed by atoms with Crippen molar-refractivity contribution in [1.29, 1.82) is 0 Å². The van der Waals surface area contributed by atoms with Crippen LogP contribution in [0.1, 0.15) is 18.9 Å². The molecule has 3 rings (SSSR count). The van der Waals surface area contributed by atoms with Crippen LogP contribution in [0.25, 0.3) is 0 Å². The van der Waals surface area contributed by atoms with Crippen molar-refractivity contribution in [1.82, 2.24) is 5.32 Å². The molecule has 0 saturated carbocycles. The second-order valence-corrected chi connectivity index (χ2v) is 7.14. The molecule has 0 aliphatic carbocycles. The Hall–Kier alpha value is -2.44. The molecule has 150 valence electrons. The number of para-hydroxylation sites is 1. The number of ether oxygens (including phenoxy) is 4. The van der Waals surface area contributed by atoms with Crippen molar-refractivity contribution >= 4 is 17.6 Å². The zero-order valence-corrected chi connectivity index (χ0v) is 16.8. The topological polar surface area (TPSA) is 66.0 Å². The number of methoxy groups -OCH3 is 1. The molecule has 1 unspecified atom stereocenters. The number of carbonyl (C=O) groups excluding carboxylic acids is 1. The normalized spacial score (nSPS) is 15.2. The molecule has 0 bridgehead atoms. The van der Waals surface area contributed by atoms with Crippen LogP contribution in [0, 0.1) is 0 Å². The fraction of sp³-hybridized carbons (Fsp3) is 0.381. The number of benzene rings is 2. The van der Waals surface area contributed by atoms with E-state index >= 15 is 0 Å². The first-order valence-corrected chi connectivity index (χ1v) is 9.49. The quantitative estimate of drug-likeness (QED) is 0.710. The van der Waals surface area contributed by atoms with Gasteiger partial charge in [0.1, 0.15) is 17.9 Å². The number of rotatable bonds is 7. The Bertz CT molecular complexity index is 814. The Labute approximate surface area is 169 Å². The van der Waals surface area contributed by atoms with Crippen LogP contribution in [0.2, 0.25) is 5.02 Å². The van der Waals surface area contributed by atoms with E-state index in [9.17, 15) is 4.79 Å². The van der Waals surface area contributed by atoms with Gasteiger partial charge in [-0.2, -0.15) is 0 Å². The van der Waals surface area contributed by atoms with E-state index in [4.69, 9.17) is 30.5 Å². The van der Waals surface area contributed by atoms with Crippen molar-refractivity contribution in [2.45, 2.75) is 25.4 Å². The van der Waals surface area contributed by atoms with Gasteiger partial charge in [0.25, 0.3) is 0 Å². The number of hydrogen-bond acceptors (Lipinski definition) is 6. The number of fused-ring (bicyclic) bond motifs is 1. The maximum absolute atomic E-state index is 12.4. The van der Waals surface area contributed by atoms with Gasteiger partial charge in [-0.05, 0) is 36.8 Å². The monoisotopic (exact) mass is 405 g/mol. The summed E-state index contributed by atoms with van der Waals surface area (Å²) in [5, 5.41) is 3.71. The summed E-state index contributed by atoms with van der Waals surface area (Å²) in [4.78, 5) is 12.4. The third kappa shape index (κ3) is 4.88. The Morgan fingerprint density at radius 2 is 1.96 bits per heavy atom. The highest BCUT2D eigenvalue weighted by Crippen LogP contribution is 2.38. The van der Waals surface area contributed by atoms with Gasteiger partial charge in [-0.15, -0.1) is 0 Å². The number of esters is 1. The van der Waals surface area contributed by atoms with Gasteiger partial charge >= 0.3 is 5.97 Å². The molecular weight excluding hydrogens is 382 g/mol. The highest BCUT2D eigenvalue weighted by molar-refractivity contribution is 6.32. The van der Waals surface area contributed by atoms with Crippen molar-refractivity contribution < 1.29 is 23.7 Å². The van der Waals surface area contributed by atoms with Crippen LogP contribution in [0.15, 0.2) is 42.5 Å². The largest absolute Gasteiger partial charge is 0.491 e. The molecule has 28 heavy (non-hydrogen) atoms. The zero-order chi connectivity index (χ0) is 20.0. The Kier molecular flexibility index (Phi) is 6.65. The summed E-state index contributed by atoms with van der Waals surface area (Å²) in [5.41, 5.74) is -0.176. The first-order valence-electron chi connectivity index (χ1n) is 9.11. The van der Waals surface area contributed by atoms with E-state index < -0.39 is 11.5 Å². The molecule has 1 heterocycles. The van der Waals surface area contributed by atoms with E-state index in [-0.39, 0.29) is 6.61 Å². The summed E-state index contributed by atoms with van der Waals surface area (Å²) in [6, 6.07) is 13.0. The van der Waals surface area contributed by atoms with Crippen molar-refractivity contribution in [2.24, 2.45) is 0 Å². The maximum atomic E-state index is 12.4. The molecule has 0 aromatic heterocycles. The van der Waals surface area contributed by atoms with Crippen molar-refractivity contribution in [3.63, 3.8) is 0 Å². The Balaban J connectivity index is 1.72. The fourth-order valence-corrected chi connectivity index (χ4v) is 3.12. The first-order chi connectivity index (χ1) is 13.5. The lowest BCUT2D eigenvalue weighted by Crippen LogP contribution is -2.54. The van der Waals surface area contributed by atoms with Crippen LogP contribution >= 0.6 is 11.6 Å². The minimum Gasteiger partial charge on any atom is -0.491 e. The van der Waals surface area contributed by atoms with Crippen molar-refractivity contribution in [2.75, 3.05) is 26.9 Å². The molecule has 0 spiro atoms. The highest BCUT2D eigenvalue weighted by atomic mass is 35.5. The molecule has 0 saturated heterocycles. The Morgan fingerprint density at radius 3 is 2.71 bits per heavy atom. The average molecular weight is 406 g/mol. The van der Waals surface area contributed by atoms with Crippen LogP contribution < -0.4 is 19.5 Å². The second kappa shape index (κ2) is 9.17. The smallest absolute Gasteiger partial charge is 0.329 e. The van der Waals surface area contributed by atoms with Crippen LogP contribution in [0.4, 0.5) is 0 Å². The molecule has 1 N–H and O–H groups in total. The molecule has 0 amide bonds.